The number of hydrogen-bond acceptors (Lipinski definition) is 7. The zero-order chi connectivity index (χ0) is 24.7. The van der Waals surface area contributed by atoms with Crippen LogP contribution >= 0.6 is 0 Å². The van der Waals surface area contributed by atoms with Crippen molar-refractivity contribution in [3.05, 3.63) is 65.9 Å². The van der Waals surface area contributed by atoms with E-state index in [1.165, 1.54) is 5.69 Å². The molecule has 9 nitrogen and oxygen atoms in total. The molecule has 4 aromatic rings. The van der Waals surface area contributed by atoms with Gasteiger partial charge in [0, 0.05) is 43.1 Å². The average molecular weight is 492 g/mol. The molecule has 0 unspecified atom stereocenters. The highest BCUT2D eigenvalue weighted by molar-refractivity contribution is 7.89. The summed E-state index contributed by atoms with van der Waals surface area (Å²) < 4.78 is 25.6. The number of nitrogens with two attached hydrogens (primary N) is 1. The fourth-order valence-corrected chi connectivity index (χ4v) is 5.33. The highest BCUT2D eigenvalue weighted by atomic mass is 32.2. The number of aromatic nitrogens is 3. The summed E-state index contributed by atoms with van der Waals surface area (Å²) >= 11 is 0. The van der Waals surface area contributed by atoms with E-state index in [2.05, 4.69) is 39.3 Å². The summed E-state index contributed by atoms with van der Waals surface area (Å²) in [6.07, 6.45) is 1.76. The van der Waals surface area contributed by atoms with E-state index in [0.717, 1.165) is 54.2 Å². The number of rotatable bonds is 5. The molecule has 0 atom stereocenters. The van der Waals surface area contributed by atoms with Crippen molar-refractivity contribution in [2.75, 3.05) is 43.4 Å². The van der Waals surface area contributed by atoms with Crippen molar-refractivity contribution < 1.29 is 8.42 Å². The van der Waals surface area contributed by atoms with Crippen LogP contribution in [0, 0.1) is 13.8 Å². The summed E-state index contributed by atoms with van der Waals surface area (Å²) in [6.45, 7) is 7.84. The maximum absolute atomic E-state index is 11.9. The second-order valence-electron chi connectivity index (χ2n) is 9.01. The lowest BCUT2D eigenvalue weighted by Crippen LogP contribution is -2.44. The third-order valence-electron chi connectivity index (χ3n) is 6.71. The molecule has 0 bridgehead atoms. The summed E-state index contributed by atoms with van der Waals surface area (Å²) in [5.74, 6) is 0.470. The van der Waals surface area contributed by atoms with Crippen LogP contribution in [0.1, 0.15) is 11.1 Å². The molecular weight excluding hydrogens is 462 g/mol. The maximum atomic E-state index is 11.9. The molecule has 2 aromatic heterocycles. The van der Waals surface area contributed by atoms with Crippen molar-refractivity contribution in [2.24, 2.45) is 5.14 Å². The summed E-state index contributed by atoms with van der Waals surface area (Å²) in [5.41, 5.74) is 6.15. The minimum Gasteiger partial charge on any atom is -0.369 e. The van der Waals surface area contributed by atoms with Gasteiger partial charge in [-0.05, 0) is 74.5 Å². The van der Waals surface area contributed by atoms with Crippen LogP contribution in [0.25, 0.3) is 16.8 Å². The van der Waals surface area contributed by atoms with Gasteiger partial charge in [-0.2, -0.15) is 0 Å². The molecule has 0 radical (unpaired) electrons. The van der Waals surface area contributed by atoms with Crippen LogP contribution in [-0.2, 0) is 10.0 Å². The Kier molecular flexibility index (Phi) is 5.96. The first-order valence-electron chi connectivity index (χ1n) is 11.5. The van der Waals surface area contributed by atoms with E-state index in [9.17, 15) is 8.42 Å². The van der Waals surface area contributed by atoms with Crippen molar-refractivity contribution in [1.82, 2.24) is 19.5 Å². The van der Waals surface area contributed by atoms with E-state index in [-0.39, 0.29) is 4.90 Å². The summed E-state index contributed by atoms with van der Waals surface area (Å²) in [5, 5.41) is 13.4. The van der Waals surface area contributed by atoms with Gasteiger partial charge in [0.15, 0.2) is 0 Å². The van der Waals surface area contributed by atoms with Crippen molar-refractivity contribution >= 4 is 32.9 Å². The largest absolute Gasteiger partial charge is 0.369 e. The third-order valence-corrected chi connectivity index (χ3v) is 7.77. The highest BCUT2D eigenvalue weighted by Crippen LogP contribution is 2.30. The predicted octanol–water partition coefficient (Wildman–Crippen LogP) is 3.16. The van der Waals surface area contributed by atoms with Gasteiger partial charge in [0.25, 0.3) is 0 Å². The Bertz CT molecular complexity index is 1490. The summed E-state index contributed by atoms with van der Waals surface area (Å²) in [7, 11) is -1.63. The smallest absolute Gasteiger partial charge is 0.245 e. The van der Waals surface area contributed by atoms with E-state index in [1.54, 1.807) is 25.3 Å². The Labute approximate surface area is 205 Å². The van der Waals surface area contributed by atoms with Gasteiger partial charge < -0.3 is 15.1 Å². The van der Waals surface area contributed by atoms with Crippen LogP contribution in [0.15, 0.2) is 59.6 Å². The number of nitrogens with zero attached hydrogens (tertiary/aromatic N) is 5. The number of benzene rings is 2. The number of likely N-dealkylation sites (N-methyl/N-ethyl adjacent to an activating group) is 1. The third kappa shape index (κ3) is 4.60. The standard InChI is InChI=1S/C25H29N7O2S/c1-17-18(2)24(35(26,33)34)11-9-22(17)23-10-8-21-16-27-25(29-32(21)23)28-19-4-6-20(7-5-19)31-14-12-30(3)13-15-31/h4-11,16H,12-15H2,1-3H3,(H,28,29)(H2,26,33,34). The topological polar surface area (TPSA) is 109 Å². The van der Waals surface area contributed by atoms with E-state index in [4.69, 9.17) is 10.2 Å². The molecule has 1 fully saturated rings. The molecule has 0 aliphatic carbocycles. The van der Waals surface area contributed by atoms with Crippen molar-refractivity contribution in [1.29, 1.82) is 0 Å². The number of fused-ring (bicyclic) bond motifs is 1. The molecule has 0 saturated carbocycles. The zero-order valence-corrected chi connectivity index (χ0v) is 20.9. The van der Waals surface area contributed by atoms with Crippen molar-refractivity contribution in [3.63, 3.8) is 0 Å². The molecule has 1 aliphatic rings. The SMILES string of the molecule is Cc1c(-c2ccc3cnc(Nc4ccc(N5CCN(C)CC5)cc4)nn23)ccc(S(N)(=O)=O)c1C. The van der Waals surface area contributed by atoms with Gasteiger partial charge in [-0.3, -0.25) is 0 Å². The van der Waals surface area contributed by atoms with Gasteiger partial charge in [0.1, 0.15) is 0 Å². The molecule has 0 amide bonds. The Morgan fingerprint density at radius 2 is 1.63 bits per heavy atom. The van der Waals surface area contributed by atoms with E-state index in [0.29, 0.717) is 11.5 Å². The molecular formula is C25H29N7O2S. The Hall–Kier alpha value is -3.47. The second-order valence-corrected chi connectivity index (χ2v) is 10.5. The van der Waals surface area contributed by atoms with Crippen LogP contribution in [-0.4, -0.2) is 61.1 Å². The molecule has 2 aromatic carbocycles. The minimum atomic E-state index is -3.79. The van der Waals surface area contributed by atoms with E-state index < -0.39 is 10.0 Å². The molecule has 0 spiro atoms. The van der Waals surface area contributed by atoms with Gasteiger partial charge in [-0.15, -0.1) is 5.10 Å². The number of anilines is 3. The fourth-order valence-electron chi connectivity index (χ4n) is 4.49. The number of piperazine rings is 1. The zero-order valence-electron chi connectivity index (χ0n) is 20.1. The van der Waals surface area contributed by atoms with Crippen molar-refractivity contribution in [2.45, 2.75) is 18.7 Å². The Balaban J connectivity index is 1.42. The number of sulfonamides is 1. The number of primary sulfonamides is 1. The van der Waals surface area contributed by atoms with Crippen LogP contribution < -0.4 is 15.4 Å². The lowest BCUT2D eigenvalue weighted by molar-refractivity contribution is 0.313. The lowest BCUT2D eigenvalue weighted by atomic mass is 10.0. The first-order valence-corrected chi connectivity index (χ1v) is 13.0. The molecule has 35 heavy (non-hydrogen) atoms. The molecule has 3 N–H and O–H groups in total. The minimum absolute atomic E-state index is 0.136. The highest BCUT2D eigenvalue weighted by Gasteiger charge is 2.18. The molecule has 5 rings (SSSR count). The monoisotopic (exact) mass is 491 g/mol. The number of hydrogen-bond donors (Lipinski definition) is 2. The molecule has 182 valence electrons. The maximum Gasteiger partial charge on any atom is 0.245 e. The Morgan fingerprint density at radius 1 is 0.914 bits per heavy atom. The van der Waals surface area contributed by atoms with Gasteiger partial charge >= 0.3 is 0 Å². The van der Waals surface area contributed by atoms with Crippen LogP contribution in [0.3, 0.4) is 0 Å². The summed E-state index contributed by atoms with van der Waals surface area (Å²) in [4.78, 5) is 9.33. The second kappa shape index (κ2) is 8.95. The van der Waals surface area contributed by atoms with E-state index in [1.807, 2.05) is 35.7 Å². The van der Waals surface area contributed by atoms with Crippen LogP contribution in [0.4, 0.5) is 17.3 Å². The van der Waals surface area contributed by atoms with Crippen molar-refractivity contribution in [3.8, 4) is 11.3 Å². The van der Waals surface area contributed by atoms with Gasteiger partial charge in [0.2, 0.25) is 16.0 Å². The van der Waals surface area contributed by atoms with Gasteiger partial charge in [0.05, 0.1) is 22.3 Å². The van der Waals surface area contributed by atoms with Gasteiger partial charge in [-0.25, -0.2) is 23.1 Å². The summed E-state index contributed by atoms with van der Waals surface area (Å²) in [6, 6.07) is 15.5. The predicted molar refractivity (Wildman–Crippen MR) is 139 cm³/mol. The fraction of sp³-hybridized carbons (Fsp3) is 0.280. The van der Waals surface area contributed by atoms with Crippen LogP contribution in [0.5, 0.6) is 0 Å². The lowest BCUT2D eigenvalue weighted by Gasteiger charge is -2.34. The molecule has 3 heterocycles. The molecule has 1 aliphatic heterocycles. The van der Waals surface area contributed by atoms with E-state index >= 15 is 0 Å². The first-order chi connectivity index (χ1) is 16.7. The molecule has 10 heteroatoms. The Morgan fingerprint density at radius 3 is 2.31 bits per heavy atom. The quantitative estimate of drug-likeness (QED) is 0.441. The van der Waals surface area contributed by atoms with Gasteiger partial charge in [-0.1, -0.05) is 6.07 Å². The first kappa shape index (κ1) is 23.3. The van der Waals surface area contributed by atoms with Crippen LogP contribution in [0.2, 0.25) is 0 Å². The molecule has 1 saturated heterocycles. The normalized spacial score (nSPS) is 15.0. The average Bonchev–Trinajstić information content (AvgIpc) is 3.24. The number of nitrogens with one attached hydrogen (secondary N) is 1.